The Balaban J connectivity index is 0.00000341. The van der Waals surface area contributed by atoms with E-state index in [9.17, 15) is 0 Å². The van der Waals surface area contributed by atoms with E-state index in [0.29, 0.717) is 18.0 Å². The molecule has 0 atom stereocenters. The number of guanidine groups is 1. The maximum Gasteiger partial charge on any atom is 0.194 e. The summed E-state index contributed by atoms with van der Waals surface area (Å²) in [5.74, 6) is 3.20. The number of aliphatic hydroxyl groups excluding tert-OH is 1. The molecule has 0 amide bonds. The molecule has 1 aromatic heterocycles. The zero-order chi connectivity index (χ0) is 21.2. The summed E-state index contributed by atoms with van der Waals surface area (Å²) in [7, 11) is 1.61. The Morgan fingerprint density at radius 1 is 1.16 bits per heavy atom. The molecule has 2 N–H and O–H groups in total. The average Bonchev–Trinajstić information content (AvgIpc) is 2.81. The highest BCUT2D eigenvalue weighted by molar-refractivity contribution is 14.0. The number of ether oxygens (including phenoxy) is 2. The lowest BCUT2D eigenvalue weighted by atomic mass is 10.2. The predicted molar refractivity (Wildman–Crippen MR) is 134 cm³/mol. The number of rotatable bonds is 8. The Morgan fingerprint density at radius 3 is 2.61 bits per heavy atom. The molecule has 3 rings (SSSR count). The third kappa shape index (κ3) is 7.13. The van der Waals surface area contributed by atoms with Gasteiger partial charge in [-0.05, 0) is 36.8 Å². The molecule has 2 heterocycles. The van der Waals surface area contributed by atoms with Gasteiger partial charge in [0.05, 0.1) is 20.3 Å². The highest BCUT2D eigenvalue weighted by Gasteiger charge is 2.20. The van der Waals surface area contributed by atoms with Gasteiger partial charge in [0.1, 0.15) is 12.4 Å². The van der Waals surface area contributed by atoms with E-state index in [-0.39, 0.29) is 37.2 Å². The Hall–Kier alpha value is -2.27. The number of nitrogens with zero attached hydrogens (tertiary/aromatic N) is 4. The fourth-order valence-corrected chi connectivity index (χ4v) is 3.37. The Labute approximate surface area is 201 Å². The number of methoxy groups -OCH3 is 1. The van der Waals surface area contributed by atoms with Gasteiger partial charge in [0.15, 0.2) is 17.5 Å². The number of aromatic nitrogens is 1. The minimum absolute atomic E-state index is 0. The van der Waals surface area contributed by atoms with E-state index < -0.39 is 0 Å². The maximum absolute atomic E-state index is 8.94. The fourth-order valence-electron chi connectivity index (χ4n) is 3.37. The lowest BCUT2D eigenvalue weighted by molar-refractivity contribution is 0.196. The second-order valence-electron chi connectivity index (χ2n) is 6.89. The van der Waals surface area contributed by atoms with Crippen molar-refractivity contribution >= 4 is 35.8 Å². The van der Waals surface area contributed by atoms with Crippen LogP contribution in [0.5, 0.6) is 11.5 Å². The van der Waals surface area contributed by atoms with Crippen molar-refractivity contribution in [2.24, 2.45) is 4.99 Å². The first kappa shape index (κ1) is 25.0. The molecule has 0 aliphatic carbocycles. The van der Waals surface area contributed by atoms with Crippen LogP contribution in [-0.2, 0) is 6.54 Å². The Morgan fingerprint density at radius 2 is 1.97 bits per heavy atom. The van der Waals surface area contributed by atoms with E-state index in [1.807, 2.05) is 36.5 Å². The van der Waals surface area contributed by atoms with E-state index in [4.69, 9.17) is 19.6 Å². The quantitative estimate of drug-likeness (QED) is 0.302. The van der Waals surface area contributed by atoms with Crippen molar-refractivity contribution in [3.05, 3.63) is 48.2 Å². The number of halogens is 1. The van der Waals surface area contributed by atoms with Gasteiger partial charge in [0.25, 0.3) is 0 Å². The summed E-state index contributed by atoms with van der Waals surface area (Å²) >= 11 is 0. The monoisotopic (exact) mass is 541 g/mol. The van der Waals surface area contributed by atoms with Crippen LogP contribution in [0.3, 0.4) is 0 Å². The molecular formula is C22H32IN5O3. The van der Waals surface area contributed by atoms with Gasteiger partial charge in [0.2, 0.25) is 0 Å². The predicted octanol–water partition coefficient (Wildman–Crippen LogP) is 2.37. The first-order valence-electron chi connectivity index (χ1n) is 10.3. The van der Waals surface area contributed by atoms with Crippen molar-refractivity contribution in [1.82, 2.24) is 15.2 Å². The van der Waals surface area contributed by atoms with Crippen molar-refractivity contribution in [2.75, 3.05) is 57.9 Å². The second-order valence-corrected chi connectivity index (χ2v) is 6.89. The molecule has 0 spiro atoms. The number of hydrogen-bond donors (Lipinski definition) is 2. The van der Waals surface area contributed by atoms with Crippen LogP contribution in [0.15, 0.2) is 47.6 Å². The molecule has 1 aromatic carbocycles. The van der Waals surface area contributed by atoms with Gasteiger partial charge in [-0.1, -0.05) is 12.1 Å². The first-order valence-corrected chi connectivity index (χ1v) is 10.3. The van der Waals surface area contributed by atoms with Crippen LogP contribution in [-0.4, -0.2) is 74.0 Å². The summed E-state index contributed by atoms with van der Waals surface area (Å²) in [6.07, 6.45) is 1.83. The number of aliphatic hydroxyl groups is 1. The van der Waals surface area contributed by atoms with Crippen LogP contribution in [0.1, 0.15) is 12.5 Å². The Bertz CT molecular complexity index is 814. The zero-order valence-electron chi connectivity index (χ0n) is 18.2. The van der Waals surface area contributed by atoms with E-state index in [0.717, 1.165) is 50.1 Å². The van der Waals surface area contributed by atoms with Gasteiger partial charge in [0, 0.05) is 38.9 Å². The number of anilines is 1. The molecular weight excluding hydrogens is 509 g/mol. The van der Waals surface area contributed by atoms with Crippen LogP contribution in [0.25, 0.3) is 0 Å². The molecule has 1 fully saturated rings. The lowest BCUT2D eigenvalue weighted by Gasteiger charge is -2.37. The van der Waals surface area contributed by atoms with Crippen LogP contribution in [0.4, 0.5) is 5.82 Å². The summed E-state index contributed by atoms with van der Waals surface area (Å²) in [6.45, 7) is 7.24. The van der Waals surface area contributed by atoms with Crippen molar-refractivity contribution in [1.29, 1.82) is 0 Å². The zero-order valence-corrected chi connectivity index (χ0v) is 20.5. The van der Waals surface area contributed by atoms with Gasteiger partial charge in [-0.15, -0.1) is 24.0 Å². The van der Waals surface area contributed by atoms with Gasteiger partial charge in [-0.3, -0.25) is 0 Å². The molecule has 0 radical (unpaired) electrons. The fraction of sp³-hybridized carbons (Fsp3) is 0.455. The second kappa shape index (κ2) is 13.2. The normalized spacial score (nSPS) is 14.1. The molecule has 8 nitrogen and oxygen atoms in total. The summed E-state index contributed by atoms with van der Waals surface area (Å²) in [5, 5.41) is 12.3. The molecule has 1 aliphatic heterocycles. The van der Waals surface area contributed by atoms with Crippen LogP contribution >= 0.6 is 24.0 Å². The van der Waals surface area contributed by atoms with Crippen molar-refractivity contribution in [3.8, 4) is 11.5 Å². The lowest BCUT2D eigenvalue weighted by Crippen LogP contribution is -2.52. The summed E-state index contributed by atoms with van der Waals surface area (Å²) < 4.78 is 10.9. The SMILES string of the molecule is CCNC(=NCc1ccc(OCCO)c(OC)c1)N1CCN(c2ccccn2)CC1.I. The van der Waals surface area contributed by atoms with Crippen LogP contribution in [0.2, 0.25) is 0 Å². The highest BCUT2D eigenvalue weighted by atomic mass is 127. The minimum Gasteiger partial charge on any atom is -0.493 e. The molecule has 0 unspecified atom stereocenters. The summed E-state index contributed by atoms with van der Waals surface area (Å²) in [6, 6.07) is 11.8. The summed E-state index contributed by atoms with van der Waals surface area (Å²) in [5.41, 5.74) is 1.03. The standard InChI is InChI=1S/C22H31N5O3.HI/c1-3-23-22(27-12-10-26(11-13-27)21-6-4-5-9-24-21)25-17-18-7-8-19(30-15-14-28)20(16-18)29-2;/h4-9,16,28H,3,10-15,17H2,1-2H3,(H,23,25);1H. The molecule has 0 bridgehead atoms. The third-order valence-corrected chi connectivity index (χ3v) is 4.88. The van der Waals surface area contributed by atoms with Gasteiger partial charge in [-0.2, -0.15) is 0 Å². The number of piperazine rings is 1. The van der Waals surface area contributed by atoms with E-state index in [2.05, 4.69) is 33.1 Å². The van der Waals surface area contributed by atoms with Crippen molar-refractivity contribution in [3.63, 3.8) is 0 Å². The van der Waals surface area contributed by atoms with E-state index >= 15 is 0 Å². The van der Waals surface area contributed by atoms with Gasteiger partial charge < -0.3 is 29.7 Å². The minimum atomic E-state index is -0.0329. The molecule has 0 saturated carbocycles. The molecule has 1 saturated heterocycles. The van der Waals surface area contributed by atoms with E-state index in [1.54, 1.807) is 7.11 Å². The average molecular weight is 541 g/mol. The topological polar surface area (TPSA) is 82.5 Å². The van der Waals surface area contributed by atoms with E-state index in [1.165, 1.54) is 0 Å². The number of hydrogen-bond acceptors (Lipinski definition) is 6. The maximum atomic E-state index is 8.94. The number of nitrogens with one attached hydrogen (secondary N) is 1. The van der Waals surface area contributed by atoms with Crippen LogP contribution < -0.4 is 19.7 Å². The largest absolute Gasteiger partial charge is 0.493 e. The van der Waals surface area contributed by atoms with Gasteiger partial charge in [-0.25, -0.2) is 9.98 Å². The molecule has 2 aromatic rings. The molecule has 1 aliphatic rings. The smallest absolute Gasteiger partial charge is 0.194 e. The van der Waals surface area contributed by atoms with Crippen LogP contribution in [0, 0.1) is 0 Å². The van der Waals surface area contributed by atoms with Crippen molar-refractivity contribution in [2.45, 2.75) is 13.5 Å². The molecule has 9 heteroatoms. The Kier molecular flexibility index (Phi) is 10.6. The molecule has 170 valence electrons. The number of benzene rings is 1. The number of aliphatic imine (C=N–C) groups is 1. The summed E-state index contributed by atoms with van der Waals surface area (Å²) in [4.78, 5) is 13.9. The number of pyridine rings is 1. The highest BCUT2D eigenvalue weighted by Crippen LogP contribution is 2.28. The third-order valence-electron chi connectivity index (χ3n) is 4.88. The first-order chi connectivity index (χ1) is 14.7. The molecule has 31 heavy (non-hydrogen) atoms. The van der Waals surface area contributed by atoms with Gasteiger partial charge >= 0.3 is 0 Å². The van der Waals surface area contributed by atoms with Crippen molar-refractivity contribution < 1.29 is 14.6 Å².